The standard InChI is InChI=1S/C17H26N2O6/c1-10(2)18-8-15(25-19(21)22)9-23-16-7-11(3)17(24-14(6)20)13(5)12(16)4/h7,10,15,18H,8-9H2,1-6H3. The molecule has 25 heavy (non-hydrogen) atoms. The van der Waals surface area contributed by atoms with Gasteiger partial charge in [-0.3, -0.25) is 4.79 Å². The fourth-order valence-corrected chi connectivity index (χ4v) is 2.27. The fraction of sp³-hybridized carbons (Fsp3) is 0.588. The van der Waals surface area contributed by atoms with E-state index in [-0.39, 0.29) is 12.6 Å². The van der Waals surface area contributed by atoms with Crippen LogP contribution in [0.5, 0.6) is 11.5 Å². The van der Waals surface area contributed by atoms with Crippen molar-refractivity contribution in [2.24, 2.45) is 0 Å². The van der Waals surface area contributed by atoms with E-state index in [1.807, 2.05) is 34.6 Å². The zero-order chi connectivity index (χ0) is 19.1. The van der Waals surface area contributed by atoms with Crippen LogP contribution >= 0.6 is 0 Å². The molecule has 0 aliphatic rings. The highest BCUT2D eigenvalue weighted by Crippen LogP contribution is 2.33. The number of aryl methyl sites for hydroxylation is 1. The van der Waals surface area contributed by atoms with E-state index < -0.39 is 17.2 Å². The third-order valence-corrected chi connectivity index (χ3v) is 3.64. The van der Waals surface area contributed by atoms with Gasteiger partial charge in [0.2, 0.25) is 0 Å². The molecule has 1 rings (SSSR count). The molecule has 8 nitrogen and oxygen atoms in total. The van der Waals surface area contributed by atoms with Crippen LogP contribution in [0.15, 0.2) is 6.07 Å². The third kappa shape index (κ3) is 6.58. The number of nitrogens with one attached hydrogen (secondary N) is 1. The zero-order valence-electron chi connectivity index (χ0n) is 15.5. The van der Waals surface area contributed by atoms with Gasteiger partial charge in [0.25, 0.3) is 5.09 Å². The molecule has 1 atom stereocenters. The summed E-state index contributed by atoms with van der Waals surface area (Å²) in [4.78, 5) is 26.5. The minimum absolute atomic E-state index is 0.0212. The van der Waals surface area contributed by atoms with Crippen molar-refractivity contribution < 1.29 is 24.2 Å². The van der Waals surface area contributed by atoms with E-state index in [4.69, 9.17) is 9.47 Å². The summed E-state index contributed by atoms with van der Waals surface area (Å²) in [6.07, 6.45) is -0.731. The molecule has 0 aromatic heterocycles. The van der Waals surface area contributed by atoms with Gasteiger partial charge in [0.05, 0.1) is 0 Å². The highest BCUT2D eigenvalue weighted by Gasteiger charge is 2.18. The van der Waals surface area contributed by atoms with Gasteiger partial charge in [0.1, 0.15) is 18.1 Å². The van der Waals surface area contributed by atoms with Crippen molar-refractivity contribution in [3.63, 3.8) is 0 Å². The Kier molecular flexibility index (Phi) is 7.63. The molecule has 0 aliphatic carbocycles. The lowest BCUT2D eigenvalue weighted by Crippen LogP contribution is -2.38. The molecule has 0 aliphatic heterocycles. The quantitative estimate of drug-likeness (QED) is 0.315. The second-order valence-corrected chi connectivity index (χ2v) is 6.19. The van der Waals surface area contributed by atoms with Gasteiger partial charge >= 0.3 is 5.97 Å². The number of ether oxygens (including phenoxy) is 2. The van der Waals surface area contributed by atoms with Crippen LogP contribution in [0.25, 0.3) is 0 Å². The van der Waals surface area contributed by atoms with Gasteiger partial charge in [0.15, 0.2) is 6.10 Å². The zero-order valence-corrected chi connectivity index (χ0v) is 15.5. The van der Waals surface area contributed by atoms with Gasteiger partial charge < -0.3 is 19.6 Å². The number of carbonyl (C=O) groups is 1. The average molecular weight is 354 g/mol. The number of esters is 1. The monoisotopic (exact) mass is 354 g/mol. The molecule has 0 amide bonds. The number of hydrogen-bond donors (Lipinski definition) is 1. The average Bonchev–Trinajstić information content (AvgIpc) is 2.50. The van der Waals surface area contributed by atoms with Crippen molar-refractivity contribution in [3.05, 3.63) is 32.9 Å². The molecule has 0 bridgehead atoms. The number of carbonyl (C=O) groups excluding carboxylic acids is 1. The summed E-state index contributed by atoms with van der Waals surface area (Å²) in [7, 11) is 0. The maximum atomic E-state index is 11.2. The van der Waals surface area contributed by atoms with Gasteiger partial charge in [-0.2, -0.15) is 0 Å². The SMILES string of the molecule is CC(=O)Oc1c(C)cc(OCC(CNC(C)C)O[N+](=O)[O-])c(C)c1C. The molecule has 0 fully saturated rings. The fourth-order valence-electron chi connectivity index (χ4n) is 2.27. The van der Waals surface area contributed by atoms with Gasteiger partial charge in [-0.15, -0.1) is 10.1 Å². The van der Waals surface area contributed by atoms with Crippen molar-refractivity contribution in [3.8, 4) is 11.5 Å². The second-order valence-electron chi connectivity index (χ2n) is 6.19. The Balaban J connectivity index is 2.89. The Morgan fingerprint density at radius 3 is 2.44 bits per heavy atom. The van der Waals surface area contributed by atoms with E-state index in [1.165, 1.54) is 6.92 Å². The van der Waals surface area contributed by atoms with Crippen LogP contribution in [-0.2, 0) is 9.63 Å². The number of benzene rings is 1. The Bertz CT molecular complexity index is 630. The van der Waals surface area contributed by atoms with E-state index in [2.05, 4.69) is 10.2 Å². The number of hydrogen-bond acceptors (Lipinski definition) is 7. The van der Waals surface area contributed by atoms with Crippen LogP contribution in [-0.4, -0.2) is 36.4 Å². The van der Waals surface area contributed by atoms with Gasteiger partial charge in [0, 0.05) is 19.5 Å². The molecule has 0 spiro atoms. The van der Waals surface area contributed by atoms with Crippen LogP contribution in [0, 0.1) is 30.9 Å². The van der Waals surface area contributed by atoms with Crippen LogP contribution in [0.2, 0.25) is 0 Å². The molecular weight excluding hydrogens is 328 g/mol. The van der Waals surface area contributed by atoms with Crippen molar-refractivity contribution in [1.29, 1.82) is 0 Å². The summed E-state index contributed by atoms with van der Waals surface area (Å²) in [5.41, 5.74) is 2.34. The second kappa shape index (κ2) is 9.22. The Labute approximate surface area is 147 Å². The van der Waals surface area contributed by atoms with Gasteiger partial charge in [-0.25, -0.2) is 0 Å². The van der Waals surface area contributed by atoms with E-state index in [1.54, 1.807) is 6.07 Å². The van der Waals surface area contributed by atoms with E-state index in [9.17, 15) is 14.9 Å². The largest absolute Gasteiger partial charge is 0.491 e. The molecule has 1 aromatic carbocycles. The van der Waals surface area contributed by atoms with Crippen LogP contribution in [0.1, 0.15) is 37.5 Å². The third-order valence-electron chi connectivity index (χ3n) is 3.64. The predicted octanol–water partition coefficient (Wildman–Crippen LogP) is 2.49. The number of rotatable bonds is 9. The first kappa shape index (κ1) is 20.7. The normalized spacial score (nSPS) is 12.0. The first-order valence-electron chi connectivity index (χ1n) is 8.08. The van der Waals surface area contributed by atoms with Crippen LogP contribution in [0.3, 0.4) is 0 Å². The summed E-state index contributed by atoms with van der Waals surface area (Å²) in [6, 6.07) is 1.92. The molecule has 1 aromatic rings. The lowest BCUT2D eigenvalue weighted by molar-refractivity contribution is -0.768. The topological polar surface area (TPSA) is 99.9 Å². The summed E-state index contributed by atoms with van der Waals surface area (Å²) < 4.78 is 11.0. The summed E-state index contributed by atoms with van der Waals surface area (Å²) in [6.45, 7) is 11.0. The lowest BCUT2D eigenvalue weighted by atomic mass is 10.0. The molecule has 140 valence electrons. The molecule has 1 unspecified atom stereocenters. The van der Waals surface area contributed by atoms with Crippen molar-refractivity contribution in [2.45, 2.75) is 53.7 Å². The lowest BCUT2D eigenvalue weighted by Gasteiger charge is -2.20. The molecule has 0 saturated carbocycles. The Hall–Kier alpha value is -2.35. The maximum Gasteiger partial charge on any atom is 0.308 e. The van der Waals surface area contributed by atoms with Gasteiger partial charge in [-0.1, -0.05) is 13.8 Å². The molecule has 8 heteroatoms. The van der Waals surface area contributed by atoms with Crippen LogP contribution in [0.4, 0.5) is 0 Å². The molecule has 0 radical (unpaired) electrons. The molecule has 0 heterocycles. The van der Waals surface area contributed by atoms with E-state index >= 15 is 0 Å². The van der Waals surface area contributed by atoms with Gasteiger partial charge in [-0.05, 0) is 43.5 Å². The predicted molar refractivity (Wildman–Crippen MR) is 92.5 cm³/mol. The van der Waals surface area contributed by atoms with Crippen LogP contribution < -0.4 is 14.8 Å². The highest BCUT2D eigenvalue weighted by molar-refractivity contribution is 5.71. The van der Waals surface area contributed by atoms with Crippen molar-refractivity contribution in [2.75, 3.05) is 13.2 Å². The molecule has 0 saturated heterocycles. The van der Waals surface area contributed by atoms with E-state index in [0.29, 0.717) is 18.0 Å². The van der Waals surface area contributed by atoms with Crippen molar-refractivity contribution in [1.82, 2.24) is 5.32 Å². The summed E-state index contributed by atoms with van der Waals surface area (Å²) in [5, 5.41) is 12.9. The first-order valence-corrected chi connectivity index (χ1v) is 8.08. The smallest absolute Gasteiger partial charge is 0.308 e. The summed E-state index contributed by atoms with van der Waals surface area (Å²) in [5.74, 6) is 0.697. The Morgan fingerprint density at radius 2 is 1.92 bits per heavy atom. The highest BCUT2D eigenvalue weighted by atomic mass is 17.0. The molecule has 1 N–H and O–H groups in total. The minimum Gasteiger partial charge on any atom is -0.491 e. The van der Waals surface area contributed by atoms with E-state index in [0.717, 1.165) is 16.7 Å². The molecular formula is C17H26N2O6. The number of nitrogens with zero attached hydrogens (tertiary/aromatic N) is 1. The first-order chi connectivity index (χ1) is 11.6. The minimum atomic E-state index is -0.816. The van der Waals surface area contributed by atoms with Crippen molar-refractivity contribution >= 4 is 5.97 Å². The summed E-state index contributed by atoms with van der Waals surface area (Å²) >= 11 is 0. The Morgan fingerprint density at radius 1 is 1.28 bits per heavy atom. The maximum absolute atomic E-state index is 11.2.